The lowest BCUT2D eigenvalue weighted by Gasteiger charge is -2.39. The van der Waals surface area contributed by atoms with E-state index in [1.807, 2.05) is 13.0 Å². The summed E-state index contributed by atoms with van der Waals surface area (Å²) in [6.45, 7) is 8.12. The molecule has 2 aliphatic rings. The Morgan fingerprint density at radius 2 is 1.92 bits per heavy atom. The number of allylic oxidation sites excluding steroid dienone is 3. The highest BCUT2D eigenvalue weighted by Gasteiger charge is 2.43. The lowest BCUT2D eigenvalue weighted by Crippen LogP contribution is -2.38. The molecule has 0 aromatic heterocycles. The molecule has 1 aliphatic carbocycles. The Hall–Kier alpha value is -3.61. The molecular formula is C29H32FNO5. The van der Waals surface area contributed by atoms with Crippen LogP contribution in [0, 0.1) is 11.2 Å². The first-order chi connectivity index (χ1) is 17.1. The smallest absolute Gasteiger partial charge is 0.336 e. The van der Waals surface area contributed by atoms with Gasteiger partial charge in [0, 0.05) is 29.3 Å². The molecule has 2 aromatic rings. The highest BCUT2D eigenvalue weighted by Crippen LogP contribution is 2.48. The number of hydrogen-bond acceptors (Lipinski definition) is 6. The number of benzene rings is 2. The van der Waals surface area contributed by atoms with Gasteiger partial charge in [-0.2, -0.15) is 0 Å². The van der Waals surface area contributed by atoms with Gasteiger partial charge in [-0.15, -0.1) is 0 Å². The van der Waals surface area contributed by atoms with Crippen LogP contribution in [-0.4, -0.2) is 25.5 Å². The predicted octanol–water partition coefficient (Wildman–Crippen LogP) is 5.58. The third-order valence-electron chi connectivity index (χ3n) is 6.54. The summed E-state index contributed by atoms with van der Waals surface area (Å²) in [6, 6.07) is 11.6. The molecule has 1 heterocycles. The number of esters is 1. The van der Waals surface area contributed by atoms with Crippen molar-refractivity contribution in [3.8, 4) is 11.5 Å². The average Bonchev–Trinajstić information content (AvgIpc) is 2.81. The summed E-state index contributed by atoms with van der Waals surface area (Å²) in [5, 5.41) is 3.33. The van der Waals surface area contributed by atoms with Crippen LogP contribution in [0.2, 0.25) is 0 Å². The monoisotopic (exact) mass is 493 g/mol. The van der Waals surface area contributed by atoms with Gasteiger partial charge in [-0.25, -0.2) is 9.18 Å². The molecule has 0 bridgehead atoms. The Morgan fingerprint density at radius 3 is 2.61 bits per heavy atom. The molecule has 0 saturated carbocycles. The molecule has 0 radical (unpaired) electrons. The van der Waals surface area contributed by atoms with Crippen LogP contribution in [0.25, 0.3) is 0 Å². The van der Waals surface area contributed by atoms with Crippen LogP contribution in [0.5, 0.6) is 11.5 Å². The second kappa shape index (κ2) is 10.2. The van der Waals surface area contributed by atoms with Gasteiger partial charge in [0.15, 0.2) is 17.3 Å². The molecule has 1 aliphatic heterocycles. The van der Waals surface area contributed by atoms with E-state index in [4.69, 9.17) is 14.2 Å². The van der Waals surface area contributed by atoms with Gasteiger partial charge in [0.1, 0.15) is 12.4 Å². The Bertz CT molecular complexity index is 1260. The van der Waals surface area contributed by atoms with Crippen molar-refractivity contribution in [3.05, 3.63) is 81.9 Å². The minimum Gasteiger partial charge on any atom is -0.493 e. The largest absolute Gasteiger partial charge is 0.493 e. The maximum atomic E-state index is 13.5. The molecule has 0 saturated heterocycles. The lowest BCUT2D eigenvalue weighted by molar-refractivity contribution is -0.138. The van der Waals surface area contributed by atoms with Crippen LogP contribution in [0.3, 0.4) is 0 Å². The van der Waals surface area contributed by atoms with Gasteiger partial charge in [-0.05, 0) is 61.1 Å². The highest BCUT2D eigenvalue weighted by atomic mass is 19.1. The zero-order valence-corrected chi connectivity index (χ0v) is 21.4. The van der Waals surface area contributed by atoms with Gasteiger partial charge in [0.05, 0.1) is 19.3 Å². The van der Waals surface area contributed by atoms with E-state index in [1.54, 1.807) is 31.2 Å². The molecule has 2 aromatic carbocycles. The van der Waals surface area contributed by atoms with Crippen LogP contribution in [0.4, 0.5) is 4.39 Å². The van der Waals surface area contributed by atoms with Gasteiger partial charge in [-0.1, -0.05) is 32.0 Å². The van der Waals surface area contributed by atoms with Gasteiger partial charge >= 0.3 is 5.97 Å². The molecular weight excluding hydrogens is 461 g/mol. The number of Topliss-reactive ketones (excluding diaryl/α,β-unsaturated/α-hetero) is 1. The van der Waals surface area contributed by atoms with Crippen LogP contribution in [-0.2, 0) is 20.9 Å². The number of rotatable bonds is 7. The maximum Gasteiger partial charge on any atom is 0.336 e. The van der Waals surface area contributed by atoms with Crippen molar-refractivity contribution in [1.29, 1.82) is 0 Å². The number of halogens is 1. The van der Waals surface area contributed by atoms with Crippen LogP contribution in [0.15, 0.2) is 65.0 Å². The number of nitrogens with one attached hydrogen (secondary N) is 1. The fourth-order valence-electron chi connectivity index (χ4n) is 5.02. The summed E-state index contributed by atoms with van der Waals surface area (Å²) < 4.78 is 30.4. The summed E-state index contributed by atoms with van der Waals surface area (Å²) in [5.41, 5.74) is 3.77. The van der Waals surface area contributed by atoms with E-state index in [1.165, 1.54) is 19.2 Å². The number of carbonyl (C=O) groups excluding carboxylic acids is 2. The molecule has 7 heteroatoms. The zero-order chi connectivity index (χ0) is 26.0. The summed E-state index contributed by atoms with van der Waals surface area (Å²) in [4.78, 5) is 26.5. The molecule has 6 nitrogen and oxygen atoms in total. The van der Waals surface area contributed by atoms with Crippen molar-refractivity contribution < 1.29 is 28.2 Å². The molecule has 190 valence electrons. The number of ketones is 1. The molecule has 0 fully saturated rings. The molecule has 1 atom stereocenters. The van der Waals surface area contributed by atoms with Crippen LogP contribution < -0.4 is 14.8 Å². The Labute approximate surface area is 211 Å². The minimum absolute atomic E-state index is 0.0125. The number of carbonyl (C=O) groups is 2. The molecule has 4 rings (SSSR count). The van der Waals surface area contributed by atoms with E-state index in [2.05, 4.69) is 19.2 Å². The highest BCUT2D eigenvalue weighted by molar-refractivity contribution is 6.04. The zero-order valence-electron chi connectivity index (χ0n) is 21.4. The molecule has 0 amide bonds. The number of ether oxygens (including phenoxy) is 3. The lowest BCUT2D eigenvalue weighted by atomic mass is 9.68. The summed E-state index contributed by atoms with van der Waals surface area (Å²) in [6.07, 6.45) is 1.09. The third kappa shape index (κ3) is 5.15. The SMILES string of the molecule is CCOC(=O)C1=C(C)NC2=C(C(=O)CC(C)(C)C2)[C@H]1c1ccc(OCc2cccc(F)c2)c(OC)c1. The number of dihydropyridines is 1. The minimum atomic E-state index is -0.588. The summed E-state index contributed by atoms with van der Waals surface area (Å²) in [7, 11) is 1.53. The number of methoxy groups -OCH3 is 1. The van der Waals surface area contributed by atoms with Gasteiger partial charge < -0.3 is 19.5 Å². The van der Waals surface area contributed by atoms with E-state index >= 15 is 0 Å². The van der Waals surface area contributed by atoms with Crippen molar-refractivity contribution in [2.45, 2.75) is 53.1 Å². The fraction of sp³-hybridized carbons (Fsp3) is 0.379. The molecule has 36 heavy (non-hydrogen) atoms. The normalized spacial score (nSPS) is 18.9. The Kier molecular flexibility index (Phi) is 7.20. The first-order valence-electron chi connectivity index (χ1n) is 12.1. The van der Waals surface area contributed by atoms with E-state index in [-0.39, 0.29) is 30.2 Å². The van der Waals surface area contributed by atoms with E-state index in [0.29, 0.717) is 46.7 Å². The van der Waals surface area contributed by atoms with Crippen molar-refractivity contribution in [3.63, 3.8) is 0 Å². The second-order valence-corrected chi connectivity index (χ2v) is 9.98. The van der Waals surface area contributed by atoms with Crippen molar-refractivity contribution in [2.75, 3.05) is 13.7 Å². The van der Waals surface area contributed by atoms with Crippen molar-refractivity contribution in [2.24, 2.45) is 5.41 Å². The average molecular weight is 494 g/mol. The molecule has 0 unspecified atom stereocenters. The van der Waals surface area contributed by atoms with Gasteiger partial charge in [0.2, 0.25) is 0 Å². The van der Waals surface area contributed by atoms with E-state index < -0.39 is 11.9 Å². The Balaban J connectivity index is 1.74. The van der Waals surface area contributed by atoms with Crippen molar-refractivity contribution >= 4 is 11.8 Å². The van der Waals surface area contributed by atoms with Crippen LogP contribution in [0.1, 0.15) is 57.6 Å². The molecule has 0 spiro atoms. The molecule has 1 N–H and O–H groups in total. The second-order valence-electron chi connectivity index (χ2n) is 9.98. The maximum absolute atomic E-state index is 13.5. The predicted molar refractivity (Wildman–Crippen MR) is 134 cm³/mol. The quantitative estimate of drug-likeness (QED) is 0.508. The Morgan fingerprint density at radius 1 is 1.14 bits per heavy atom. The van der Waals surface area contributed by atoms with E-state index in [0.717, 1.165) is 11.3 Å². The first-order valence-corrected chi connectivity index (χ1v) is 12.1. The summed E-state index contributed by atoms with van der Waals surface area (Å²) >= 11 is 0. The van der Waals surface area contributed by atoms with Gasteiger partial charge in [0.25, 0.3) is 0 Å². The standard InChI is InChI=1S/C29H32FNO5/c1-6-35-28(33)25-17(2)31-21-14-29(3,4)15-22(32)27(21)26(25)19-10-11-23(24(13-19)34-5)36-16-18-8-7-9-20(30)12-18/h7-13,26,31H,6,14-16H2,1-5H3/t26-/m0/s1. The first kappa shape index (κ1) is 25.5. The van der Waals surface area contributed by atoms with Crippen molar-refractivity contribution in [1.82, 2.24) is 5.32 Å². The topological polar surface area (TPSA) is 73.9 Å². The fourth-order valence-corrected chi connectivity index (χ4v) is 5.02. The summed E-state index contributed by atoms with van der Waals surface area (Å²) in [5.74, 6) is -0.435. The van der Waals surface area contributed by atoms with E-state index in [9.17, 15) is 14.0 Å². The number of hydrogen-bond donors (Lipinski definition) is 1. The van der Waals surface area contributed by atoms with Gasteiger partial charge in [-0.3, -0.25) is 4.79 Å². The third-order valence-corrected chi connectivity index (χ3v) is 6.54. The van der Waals surface area contributed by atoms with Crippen LogP contribution >= 0.6 is 0 Å².